The predicted octanol–water partition coefficient (Wildman–Crippen LogP) is 5.74. The van der Waals surface area contributed by atoms with Crippen LogP contribution >= 0.6 is 0 Å². The number of ether oxygens (including phenoxy) is 5. The lowest BCUT2D eigenvalue weighted by Gasteiger charge is -2.37. The second-order valence-corrected chi connectivity index (χ2v) is 10.7. The van der Waals surface area contributed by atoms with Gasteiger partial charge in [0, 0.05) is 36.2 Å². The minimum atomic E-state index is -0.728. The number of nitrogens with one attached hydrogen (secondary N) is 1. The average molecular weight is 598 g/mol. The Kier molecular flexibility index (Phi) is 9.04. The molecule has 9 heteroatoms. The van der Waals surface area contributed by atoms with Gasteiger partial charge >= 0.3 is 11.9 Å². The first-order chi connectivity index (χ1) is 21.2. The molecule has 0 amide bonds. The van der Waals surface area contributed by atoms with Gasteiger partial charge in [-0.15, -0.1) is 0 Å². The maximum atomic E-state index is 14.1. The molecule has 0 saturated carbocycles. The van der Waals surface area contributed by atoms with Gasteiger partial charge in [-0.25, -0.2) is 4.79 Å². The highest BCUT2D eigenvalue weighted by Crippen LogP contribution is 2.47. The van der Waals surface area contributed by atoms with Crippen LogP contribution in [0.4, 0.5) is 0 Å². The molecular formula is C35H35NO8. The first kappa shape index (κ1) is 30.4. The molecule has 2 atom stereocenters. The van der Waals surface area contributed by atoms with Crippen LogP contribution in [0.5, 0.6) is 23.0 Å². The van der Waals surface area contributed by atoms with E-state index in [0.717, 1.165) is 16.8 Å². The number of methoxy groups -OCH3 is 3. The molecule has 0 fully saturated rings. The maximum Gasteiger partial charge on any atom is 0.337 e. The third-order valence-corrected chi connectivity index (χ3v) is 7.91. The molecule has 3 aromatic rings. The Bertz CT molecular complexity index is 1660. The third kappa shape index (κ3) is 6.17. The fourth-order valence-electron chi connectivity index (χ4n) is 5.89. The molecule has 228 valence electrons. The number of rotatable bonds is 9. The Hall–Kier alpha value is -5.05. The highest BCUT2D eigenvalue weighted by Gasteiger charge is 2.42. The maximum absolute atomic E-state index is 14.1. The number of benzene rings is 3. The fourth-order valence-corrected chi connectivity index (χ4v) is 5.89. The molecule has 5 rings (SSSR count). The SMILES string of the molecule is COc1ccc([C@@H]2CC(=O)C3=C(C2)NC(C)=C(C(=O)OCc2ccccc2)[C@@H]3c2ccc(OC(C)=O)c(OC)c2)cc1OC. The van der Waals surface area contributed by atoms with E-state index >= 15 is 0 Å². The van der Waals surface area contributed by atoms with E-state index in [1.54, 1.807) is 32.4 Å². The Labute approximate surface area is 256 Å². The van der Waals surface area contributed by atoms with Crippen molar-refractivity contribution >= 4 is 17.7 Å². The van der Waals surface area contributed by atoms with Crippen LogP contribution in [0.15, 0.2) is 89.3 Å². The molecule has 1 aliphatic heterocycles. The minimum absolute atomic E-state index is 0.0825. The molecule has 1 N–H and O–H groups in total. The molecule has 9 nitrogen and oxygen atoms in total. The lowest BCUT2D eigenvalue weighted by molar-refractivity contribution is -0.140. The number of hydrogen-bond acceptors (Lipinski definition) is 9. The van der Waals surface area contributed by atoms with Crippen molar-refractivity contribution < 1.29 is 38.1 Å². The topological polar surface area (TPSA) is 109 Å². The molecule has 1 aliphatic carbocycles. The summed E-state index contributed by atoms with van der Waals surface area (Å²) >= 11 is 0. The van der Waals surface area contributed by atoms with Gasteiger partial charge in [-0.05, 0) is 60.2 Å². The van der Waals surface area contributed by atoms with Gasteiger partial charge in [-0.1, -0.05) is 42.5 Å². The average Bonchev–Trinajstić information content (AvgIpc) is 3.02. The van der Waals surface area contributed by atoms with E-state index in [4.69, 9.17) is 23.7 Å². The summed E-state index contributed by atoms with van der Waals surface area (Å²) in [5.41, 5.74) is 4.60. The summed E-state index contributed by atoms with van der Waals surface area (Å²) in [4.78, 5) is 39.5. The van der Waals surface area contributed by atoms with Gasteiger partial charge in [0.1, 0.15) is 6.61 Å². The van der Waals surface area contributed by atoms with E-state index < -0.39 is 17.9 Å². The number of dihydropyridines is 1. The Morgan fingerprint density at radius 3 is 2.14 bits per heavy atom. The van der Waals surface area contributed by atoms with E-state index in [2.05, 4.69) is 5.32 Å². The smallest absolute Gasteiger partial charge is 0.337 e. The number of Topliss-reactive ketones (excluding diaryl/α,β-unsaturated/α-hetero) is 1. The zero-order chi connectivity index (χ0) is 31.4. The fraction of sp³-hybridized carbons (Fsp3) is 0.286. The highest BCUT2D eigenvalue weighted by molar-refractivity contribution is 6.04. The Morgan fingerprint density at radius 2 is 1.45 bits per heavy atom. The monoisotopic (exact) mass is 597 g/mol. The van der Waals surface area contributed by atoms with Crippen molar-refractivity contribution in [1.29, 1.82) is 0 Å². The summed E-state index contributed by atoms with van der Waals surface area (Å²) in [6.07, 6.45) is 0.778. The normalized spacial score (nSPS) is 17.8. The highest BCUT2D eigenvalue weighted by atomic mass is 16.6. The van der Waals surface area contributed by atoms with E-state index in [-0.39, 0.29) is 30.5 Å². The Balaban J connectivity index is 1.55. The number of carbonyl (C=O) groups is 3. The molecule has 0 unspecified atom stereocenters. The van der Waals surface area contributed by atoms with Crippen LogP contribution in [-0.4, -0.2) is 39.1 Å². The summed E-state index contributed by atoms with van der Waals surface area (Å²) in [5.74, 6) is -0.219. The molecule has 0 aromatic heterocycles. The van der Waals surface area contributed by atoms with E-state index in [0.29, 0.717) is 46.1 Å². The molecule has 0 saturated heterocycles. The van der Waals surface area contributed by atoms with Crippen LogP contribution in [0.25, 0.3) is 0 Å². The summed E-state index contributed by atoms with van der Waals surface area (Å²) in [5, 5.41) is 3.38. The van der Waals surface area contributed by atoms with Crippen molar-refractivity contribution in [2.24, 2.45) is 0 Å². The Morgan fingerprint density at radius 1 is 0.818 bits per heavy atom. The van der Waals surface area contributed by atoms with Crippen LogP contribution in [0.2, 0.25) is 0 Å². The summed E-state index contributed by atoms with van der Waals surface area (Å²) in [6, 6.07) is 20.1. The molecule has 3 aromatic carbocycles. The van der Waals surface area contributed by atoms with Gasteiger partial charge < -0.3 is 29.0 Å². The molecule has 0 bridgehead atoms. The van der Waals surface area contributed by atoms with Crippen LogP contribution in [-0.2, 0) is 25.7 Å². The largest absolute Gasteiger partial charge is 0.493 e. The first-order valence-corrected chi connectivity index (χ1v) is 14.3. The lowest BCUT2D eigenvalue weighted by atomic mass is 9.71. The number of hydrogen-bond donors (Lipinski definition) is 1. The van der Waals surface area contributed by atoms with Crippen molar-refractivity contribution in [1.82, 2.24) is 5.32 Å². The van der Waals surface area contributed by atoms with Crippen LogP contribution in [0, 0.1) is 0 Å². The van der Waals surface area contributed by atoms with Crippen LogP contribution in [0.3, 0.4) is 0 Å². The number of ketones is 1. The lowest BCUT2D eigenvalue weighted by Crippen LogP contribution is -2.36. The molecule has 0 spiro atoms. The number of esters is 2. The zero-order valence-corrected chi connectivity index (χ0v) is 25.4. The summed E-state index contributed by atoms with van der Waals surface area (Å²) < 4.78 is 27.5. The van der Waals surface area contributed by atoms with Crippen LogP contribution < -0.4 is 24.3 Å². The van der Waals surface area contributed by atoms with Crippen molar-refractivity contribution in [3.05, 3.63) is 106 Å². The number of carbonyl (C=O) groups excluding carboxylic acids is 3. The number of allylic oxidation sites excluding steroid dienone is 3. The molecule has 0 radical (unpaired) electrons. The van der Waals surface area contributed by atoms with Gasteiger partial charge in [0.15, 0.2) is 28.8 Å². The van der Waals surface area contributed by atoms with Crippen molar-refractivity contribution in [3.8, 4) is 23.0 Å². The second kappa shape index (κ2) is 13.1. The van der Waals surface area contributed by atoms with Crippen molar-refractivity contribution in [2.75, 3.05) is 21.3 Å². The predicted molar refractivity (Wildman–Crippen MR) is 163 cm³/mol. The molecule has 44 heavy (non-hydrogen) atoms. The minimum Gasteiger partial charge on any atom is -0.493 e. The van der Waals surface area contributed by atoms with Gasteiger partial charge in [-0.3, -0.25) is 9.59 Å². The van der Waals surface area contributed by atoms with E-state index in [9.17, 15) is 14.4 Å². The second-order valence-electron chi connectivity index (χ2n) is 10.7. The van der Waals surface area contributed by atoms with Crippen molar-refractivity contribution in [3.63, 3.8) is 0 Å². The zero-order valence-electron chi connectivity index (χ0n) is 25.4. The van der Waals surface area contributed by atoms with Gasteiger partial charge in [0.25, 0.3) is 0 Å². The van der Waals surface area contributed by atoms with Crippen LogP contribution in [0.1, 0.15) is 55.2 Å². The van der Waals surface area contributed by atoms with E-state index in [1.807, 2.05) is 55.5 Å². The summed E-state index contributed by atoms with van der Waals surface area (Å²) in [6.45, 7) is 3.20. The first-order valence-electron chi connectivity index (χ1n) is 14.3. The van der Waals surface area contributed by atoms with E-state index in [1.165, 1.54) is 14.0 Å². The quantitative estimate of drug-likeness (QED) is 0.244. The molecule has 2 aliphatic rings. The summed E-state index contributed by atoms with van der Waals surface area (Å²) in [7, 11) is 4.63. The van der Waals surface area contributed by atoms with Gasteiger partial charge in [0.2, 0.25) is 0 Å². The van der Waals surface area contributed by atoms with Gasteiger partial charge in [0.05, 0.1) is 26.9 Å². The van der Waals surface area contributed by atoms with Crippen molar-refractivity contribution in [2.45, 2.75) is 45.1 Å². The third-order valence-electron chi connectivity index (χ3n) is 7.91. The molecule has 1 heterocycles. The molecular weight excluding hydrogens is 562 g/mol. The van der Waals surface area contributed by atoms with Gasteiger partial charge in [-0.2, -0.15) is 0 Å². The standard InChI is InChI=1S/C35H35NO8/c1-20-32(35(39)43-19-22-9-7-6-8-10-22)33(24-12-14-29(44-21(2)37)31(18-24)42-5)34-26(36-20)15-25(16-27(34)38)23-11-13-28(40-3)30(17-23)41-4/h6-14,17-18,25,33,36H,15-16,19H2,1-5H3/t25-,33-/m0/s1.